The van der Waals surface area contributed by atoms with Gasteiger partial charge in [-0.2, -0.15) is 0 Å². The molecule has 2 aliphatic rings. The Balaban J connectivity index is 1.35. The van der Waals surface area contributed by atoms with E-state index >= 15 is 0 Å². The Morgan fingerprint density at radius 2 is 1.82 bits per heavy atom. The molecule has 34 heavy (non-hydrogen) atoms. The van der Waals surface area contributed by atoms with E-state index in [1.54, 1.807) is 50.6 Å². The Kier molecular flexibility index (Phi) is 5.94. The maximum atomic E-state index is 13.2. The number of benzene rings is 3. The minimum atomic E-state index is -0.242. The predicted molar refractivity (Wildman–Crippen MR) is 125 cm³/mol. The van der Waals surface area contributed by atoms with Gasteiger partial charge in [0.25, 0.3) is 0 Å². The monoisotopic (exact) mass is 461 g/mol. The highest BCUT2D eigenvalue weighted by Gasteiger charge is 2.33. The number of halogens is 1. The van der Waals surface area contributed by atoms with E-state index in [4.69, 9.17) is 18.9 Å². The first-order chi connectivity index (χ1) is 16.6. The van der Waals surface area contributed by atoms with Crippen molar-refractivity contribution < 1.29 is 28.1 Å². The SMILES string of the molecule is COc1ccc(/C=C2\Oc3c(ccc4c3CN(CCc3ccc(F)cc3)CO4)C2=O)cc1OC. The molecule has 0 bridgehead atoms. The second-order valence-electron chi connectivity index (χ2n) is 8.18. The van der Waals surface area contributed by atoms with Gasteiger partial charge in [0, 0.05) is 13.1 Å². The van der Waals surface area contributed by atoms with Crippen LogP contribution in [0.25, 0.3) is 6.08 Å². The normalized spacial score (nSPS) is 16.0. The Hall–Kier alpha value is -3.84. The fourth-order valence-electron chi connectivity index (χ4n) is 4.18. The molecule has 0 aliphatic carbocycles. The van der Waals surface area contributed by atoms with Crippen LogP contribution in [0, 0.1) is 5.82 Å². The van der Waals surface area contributed by atoms with Crippen molar-refractivity contribution in [3.63, 3.8) is 0 Å². The fourth-order valence-corrected chi connectivity index (χ4v) is 4.18. The van der Waals surface area contributed by atoms with Crippen molar-refractivity contribution in [2.24, 2.45) is 0 Å². The van der Waals surface area contributed by atoms with Crippen molar-refractivity contribution in [2.75, 3.05) is 27.5 Å². The van der Waals surface area contributed by atoms with Crippen molar-refractivity contribution in [3.05, 3.63) is 88.4 Å². The third kappa shape index (κ3) is 4.22. The van der Waals surface area contributed by atoms with E-state index < -0.39 is 0 Å². The number of ketones is 1. The third-order valence-electron chi connectivity index (χ3n) is 6.02. The molecule has 0 amide bonds. The highest BCUT2D eigenvalue weighted by Crippen LogP contribution is 2.42. The summed E-state index contributed by atoms with van der Waals surface area (Å²) in [5.41, 5.74) is 3.19. The largest absolute Gasteiger partial charge is 0.493 e. The quantitative estimate of drug-likeness (QED) is 0.489. The fraction of sp³-hybridized carbons (Fsp3) is 0.222. The molecule has 7 heteroatoms. The van der Waals surface area contributed by atoms with Gasteiger partial charge in [0.15, 0.2) is 17.3 Å². The zero-order valence-electron chi connectivity index (χ0n) is 19.0. The summed E-state index contributed by atoms with van der Waals surface area (Å²) >= 11 is 0. The van der Waals surface area contributed by atoms with Crippen LogP contribution in [0.4, 0.5) is 4.39 Å². The molecule has 2 heterocycles. The van der Waals surface area contributed by atoms with Crippen molar-refractivity contribution in [2.45, 2.75) is 13.0 Å². The molecule has 0 saturated heterocycles. The number of hydrogen-bond donors (Lipinski definition) is 0. The van der Waals surface area contributed by atoms with Crippen LogP contribution in [-0.2, 0) is 13.0 Å². The van der Waals surface area contributed by atoms with Gasteiger partial charge in [-0.15, -0.1) is 0 Å². The zero-order valence-corrected chi connectivity index (χ0v) is 19.0. The molecule has 0 saturated carbocycles. The molecule has 0 fully saturated rings. The van der Waals surface area contributed by atoms with Gasteiger partial charge in [-0.05, 0) is 60.0 Å². The van der Waals surface area contributed by atoms with Crippen molar-refractivity contribution in [3.8, 4) is 23.0 Å². The van der Waals surface area contributed by atoms with Crippen LogP contribution in [0.5, 0.6) is 23.0 Å². The Morgan fingerprint density at radius 1 is 1.03 bits per heavy atom. The molecule has 174 valence electrons. The number of ether oxygens (including phenoxy) is 4. The molecular formula is C27H24FNO5. The van der Waals surface area contributed by atoms with Crippen LogP contribution in [-0.4, -0.2) is 38.2 Å². The van der Waals surface area contributed by atoms with E-state index in [-0.39, 0.29) is 17.4 Å². The van der Waals surface area contributed by atoms with Crippen LogP contribution in [0.15, 0.2) is 60.4 Å². The van der Waals surface area contributed by atoms with Crippen molar-refractivity contribution >= 4 is 11.9 Å². The number of hydrogen-bond acceptors (Lipinski definition) is 6. The van der Waals surface area contributed by atoms with Crippen molar-refractivity contribution in [1.29, 1.82) is 0 Å². The molecule has 3 aromatic rings. The molecule has 0 atom stereocenters. The summed E-state index contributed by atoms with van der Waals surface area (Å²) in [7, 11) is 3.14. The van der Waals surface area contributed by atoms with Gasteiger partial charge in [-0.3, -0.25) is 9.69 Å². The maximum Gasteiger partial charge on any atom is 0.231 e. The van der Waals surface area contributed by atoms with Crippen LogP contribution in [0.3, 0.4) is 0 Å². The molecular weight excluding hydrogens is 437 g/mol. The summed E-state index contributed by atoms with van der Waals surface area (Å²) in [6, 6.07) is 15.5. The van der Waals surface area contributed by atoms with Crippen LogP contribution in [0.2, 0.25) is 0 Å². The van der Waals surface area contributed by atoms with Crippen molar-refractivity contribution in [1.82, 2.24) is 4.90 Å². The molecule has 0 unspecified atom stereocenters. The summed E-state index contributed by atoms with van der Waals surface area (Å²) in [6.45, 7) is 1.77. The number of carbonyl (C=O) groups excluding carboxylic acids is 1. The van der Waals surface area contributed by atoms with Crippen LogP contribution >= 0.6 is 0 Å². The molecule has 6 nitrogen and oxygen atoms in total. The number of methoxy groups -OCH3 is 2. The van der Waals surface area contributed by atoms with E-state index in [1.165, 1.54) is 12.1 Å². The lowest BCUT2D eigenvalue weighted by molar-refractivity contribution is 0.0949. The molecule has 0 radical (unpaired) electrons. The summed E-state index contributed by atoms with van der Waals surface area (Å²) in [5, 5.41) is 0. The molecule has 2 aliphatic heterocycles. The van der Waals surface area contributed by atoms with Gasteiger partial charge in [0.2, 0.25) is 5.78 Å². The average Bonchev–Trinajstić information content (AvgIpc) is 3.19. The van der Waals surface area contributed by atoms with Gasteiger partial charge in [0.05, 0.1) is 25.3 Å². The summed E-state index contributed by atoms with van der Waals surface area (Å²) in [6.07, 6.45) is 2.46. The lowest BCUT2D eigenvalue weighted by atomic mass is 10.0. The first-order valence-corrected chi connectivity index (χ1v) is 11.0. The number of allylic oxidation sites excluding steroid dienone is 1. The molecule has 0 aromatic heterocycles. The Bertz CT molecular complexity index is 1270. The van der Waals surface area contributed by atoms with Gasteiger partial charge in [-0.1, -0.05) is 18.2 Å². The number of fused-ring (bicyclic) bond motifs is 3. The second-order valence-corrected chi connectivity index (χ2v) is 8.18. The predicted octanol–water partition coefficient (Wildman–Crippen LogP) is 4.85. The molecule has 0 N–H and O–H groups in total. The Morgan fingerprint density at radius 3 is 2.59 bits per heavy atom. The summed E-state index contributed by atoms with van der Waals surface area (Å²) in [4.78, 5) is 15.2. The van der Waals surface area contributed by atoms with E-state index in [1.807, 2.05) is 12.1 Å². The average molecular weight is 461 g/mol. The summed E-state index contributed by atoms with van der Waals surface area (Å²) in [5.74, 6) is 2.28. The van der Waals surface area contributed by atoms with Gasteiger partial charge in [-0.25, -0.2) is 4.39 Å². The lowest BCUT2D eigenvalue weighted by Gasteiger charge is -2.29. The first-order valence-electron chi connectivity index (χ1n) is 11.0. The van der Waals surface area contributed by atoms with Crippen LogP contribution < -0.4 is 18.9 Å². The van der Waals surface area contributed by atoms with E-state index in [2.05, 4.69) is 4.90 Å². The van der Waals surface area contributed by atoms with Crippen LogP contribution in [0.1, 0.15) is 27.0 Å². The smallest absolute Gasteiger partial charge is 0.231 e. The molecule has 3 aromatic carbocycles. The lowest BCUT2D eigenvalue weighted by Crippen LogP contribution is -2.33. The summed E-state index contributed by atoms with van der Waals surface area (Å²) < 4.78 is 35.8. The van der Waals surface area contributed by atoms with E-state index in [0.717, 1.165) is 35.4 Å². The second kappa shape index (κ2) is 9.19. The van der Waals surface area contributed by atoms with E-state index in [0.29, 0.717) is 36.1 Å². The minimum Gasteiger partial charge on any atom is -0.493 e. The molecule has 0 spiro atoms. The molecule has 5 rings (SSSR count). The highest BCUT2D eigenvalue weighted by atomic mass is 19.1. The Labute approximate surface area is 197 Å². The number of rotatable bonds is 6. The number of nitrogens with zero attached hydrogens (tertiary/aromatic N) is 1. The zero-order chi connectivity index (χ0) is 23.7. The number of Topliss-reactive ketones (excluding diaryl/α,β-unsaturated/α-hetero) is 1. The van der Waals surface area contributed by atoms with E-state index in [9.17, 15) is 9.18 Å². The highest BCUT2D eigenvalue weighted by molar-refractivity contribution is 6.15. The first kappa shape index (κ1) is 22.0. The standard InChI is InChI=1S/C27H24FNO5/c1-31-23-9-5-18(13-24(23)32-2)14-25-26(30)20-8-10-22-21(27(20)34-25)15-29(16-33-22)12-11-17-3-6-19(28)7-4-17/h3-10,13-14H,11-12,15-16H2,1-2H3/b25-14-. The maximum absolute atomic E-state index is 13.2. The third-order valence-corrected chi connectivity index (χ3v) is 6.02. The van der Waals surface area contributed by atoms with Gasteiger partial charge >= 0.3 is 0 Å². The van der Waals surface area contributed by atoms with Gasteiger partial charge < -0.3 is 18.9 Å². The van der Waals surface area contributed by atoms with Gasteiger partial charge in [0.1, 0.15) is 24.0 Å². The topological polar surface area (TPSA) is 57.2 Å². The minimum absolute atomic E-state index is 0.170. The number of carbonyl (C=O) groups is 1.